The van der Waals surface area contributed by atoms with Crippen LogP contribution in [0.15, 0.2) is 12.3 Å². The quantitative estimate of drug-likeness (QED) is 0.782. The van der Waals surface area contributed by atoms with Gasteiger partial charge in [0.2, 0.25) is 0 Å². The van der Waals surface area contributed by atoms with E-state index in [0.717, 1.165) is 0 Å². The zero-order valence-corrected chi connectivity index (χ0v) is 8.80. The number of anilines is 1. The Balaban J connectivity index is 2.86. The number of halogens is 1. The van der Waals surface area contributed by atoms with E-state index < -0.39 is 0 Å². The van der Waals surface area contributed by atoms with Gasteiger partial charge >= 0.3 is 0 Å². The van der Waals surface area contributed by atoms with Gasteiger partial charge < -0.3 is 11.1 Å². The van der Waals surface area contributed by atoms with Gasteiger partial charge in [0.25, 0.3) is 5.91 Å². The van der Waals surface area contributed by atoms with E-state index in [9.17, 15) is 4.79 Å². The SMILES string of the molecule is CC(C)NC(=O)c1cnc(N)c(Cl)c1. The molecule has 4 nitrogen and oxygen atoms in total. The minimum Gasteiger partial charge on any atom is -0.382 e. The van der Waals surface area contributed by atoms with Crippen molar-refractivity contribution >= 4 is 23.3 Å². The van der Waals surface area contributed by atoms with Crippen LogP contribution in [0.2, 0.25) is 5.02 Å². The molecular formula is C9H12ClN3O. The Morgan fingerprint density at radius 2 is 2.29 bits per heavy atom. The Labute approximate surface area is 87.5 Å². The van der Waals surface area contributed by atoms with Crippen LogP contribution in [0.3, 0.4) is 0 Å². The maximum absolute atomic E-state index is 11.5. The molecule has 1 amide bonds. The Kier molecular flexibility index (Phi) is 3.30. The highest BCUT2D eigenvalue weighted by Gasteiger charge is 2.08. The fourth-order valence-corrected chi connectivity index (χ4v) is 1.08. The summed E-state index contributed by atoms with van der Waals surface area (Å²) in [6, 6.07) is 1.58. The summed E-state index contributed by atoms with van der Waals surface area (Å²) >= 11 is 5.73. The number of hydrogen-bond acceptors (Lipinski definition) is 3. The molecule has 0 spiro atoms. The second-order valence-corrected chi connectivity index (χ2v) is 3.63. The van der Waals surface area contributed by atoms with Gasteiger partial charge in [-0.2, -0.15) is 0 Å². The van der Waals surface area contributed by atoms with Crippen molar-refractivity contribution in [3.63, 3.8) is 0 Å². The molecule has 5 heteroatoms. The first-order chi connectivity index (χ1) is 6.50. The number of carbonyl (C=O) groups is 1. The predicted octanol–water partition coefficient (Wildman–Crippen LogP) is 1.46. The summed E-state index contributed by atoms with van der Waals surface area (Å²) in [5, 5.41) is 3.02. The lowest BCUT2D eigenvalue weighted by Crippen LogP contribution is -2.30. The van der Waals surface area contributed by atoms with Crippen LogP contribution in [0.1, 0.15) is 24.2 Å². The third kappa shape index (κ3) is 2.60. The highest BCUT2D eigenvalue weighted by atomic mass is 35.5. The number of hydrogen-bond donors (Lipinski definition) is 2. The number of nitrogens with two attached hydrogens (primary N) is 1. The lowest BCUT2D eigenvalue weighted by molar-refractivity contribution is 0.0943. The van der Waals surface area contributed by atoms with Gasteiger partial charge in [-0.1, -0.05) is 11.6 Å². The van der Waals surface area contributed by atoms with Crippen LogP contribution in [0.5, 0.6) is 0 Å². The monoisotopic (exact) mass is 213 g/mol. The van der Waals surface area contributed by atoms with E-state index >= 15 is 0 Å². The van der Waals surface area contributed by atoms with E-state index in [1.807, 2.05) is 13.8 Å². The lowest BCUT2D eigenvalue weighted by Gasteiger charge is -2.08. The van der Waals surface area contributed by atoms with Crippen molar-refractivity contribution in [2.45, 2.75) is 19.9 Å². The second kappa shape index (κ2) is 4.28. The zero-order valence-electron chi connectivity index (χ0n) is 8.04. The summed E-state index contributed by atoms with van der Waals surface area (Å²) in [5.41, 5.74) is 5.83. The van der Waals surface area contributed by atoms with Gasteiger partial charge in [0.05, 0.1) is 10.6 Å². The van der Waals surface area contributed by atoms with E-state index in [4.69, 9.17) is 17.3 Å². The highest BCUT2D eigenvalue weighted by Crippen LogP contribution is 2.16. The maximum Gasteiger partial charge on any atom is 0.253 e. The number of nitrogen functional groups attached to an aromatic ring is 1. The fourth-order valence-electron chi connectivity index (χ4n) is 0.918. The van der Waals surface area contributed by atoms with Crippen molar-refractivity contribution in [2.75, 3.05) is 5.73 Å². The van der Waals surface area contributed by atoms with Gasteiger partial charge in [-0.15, -0.1) is 0 Å². The first-order valence-corrected chi connectivity index (χ1v) is 4.60. The number of nitrogens with zero attached hydrogens (tertiary/aromatic N) is 1. The molecule has 0 atom stereocenters. The van der Waals surface area contributed by atoms with Crippen molar-refractivity contribution in [2.24, 2.45) is 0 Å². The summed E-state index contributed by atoms with van der Waals surface area (Å²) in [4.78, 5) is 15.3. The first-order valence-electron chi connectivity index (χ1n) is 4.22. The summed E-state index contributed by atoms with van der Waals surface area (Å²) in [5.74, 6) is 0.0298. The smallest absolute Gasteiger partial charge is 0.253 e. The maximum atomic E-state index is 11.5. The highest BCUT2D eigenvalue weighted by molar-refractivity contribution is 6.33. The van der Waals surface area contributed by atoms with E-state index in [2.05, 4.69) is 10.3 Å². The molecule has 0 aliphatic heterocycles. The zero-order chi connectivity index (χ0) is 10.7. The standard InChI is InChI=1S/C9H12ClN3O/c1-5(2)13-9(14)6-3-7(10)8(11)12-4-6/h3-5H,1-2H3,(H2,11,12)(H,13,14). The van der Waals surface area contributed by atoms with Gasteiger partial charge in [-0.05, 0) is 19.9 Å². The largest absolute Gasteiger partial charge is 0.382 e. The molecule has 14 heavy (non-hydrogen) atoms. The average molecular weight is 214 g/mol. The number of carbonyl (C=O) groups excluding carboxylic acids is 1. The van der Waals surface area contributed by atoms with E-state index in [1.54, 1.807) is 0 Å². The number of amides is 1. The summed E-state index contributed by atoms with van der Waals surface area (Å²) in [6.45, 7) is 3.76. The molecule has 3 N–H and O–H groups in total. The molecule has 0 saturated heterocycles. The molecule has 0 aliphatic carbocycles. The van der Waals surface area contributed by atoms with Crippen LogP contribution < -0.4 is 11.1 Å². The van der Waals surface area contributed by atoms with E-state index in [0.29, 0.717) is 10.6 Å². The Hall–Kier alpha value is -1.29. The van der Waals surface area contributed by atoms with Gasteiger partial charge in [-0.25, -0.2) is 4.98 Å². The molecule has 0 saturated carbocycles. The van der Waals surface area contributed by atoms with Crippen LogP contribution in [0, 0.1) is 0 Å². The van der Waals surface area contributed by atoms with Crippen molar-refractivity contribution in [1.29, 1.82) is 0 Å². The molecule has 0 bridgehead atoms. The second-order valence-electron chi connectivity index (χ2n) is 3.22. The molecule has 76 valence electrons. The van der Waals surface area contributed by atoms with Gasteiger partial charge in [-0.3, -0.25) is 4.79 Å². The topological polar surface area (TPSA) is 68.0 Å². The Bertz CT molecular complexity index is 352. The molecule has 1 aromatic heterocycles. The van der Waals surface area contributed by atoms with Crippen LogP contribution in [-0.4, -0.2) is 16.9 Å². The molecule has 0 unspecified atom stereocenters. The molecule has 0 fully saturated rings. The van der Waals surface area contributed by atoms with Gasteiger partial charge in [0, 0.05) is 12.2 Å². The normalized spacial score (nSPS) is 10.3. The third-order valence-electron chi connectivity index (χ3n) is 1.55. The first kappa shape index (κ1) is 10.8. The van der Waals surface area contributed by atoms with Crippen LogP contribution >= 0.6 is 11.6 Å². The molecule has 0 aromatic carbocycles. The predicted molar refractivity (Wildman–Crippen MR) is 56.3 cm³/mol. The van der Waals surface area contributed by atoms with Crippen LogP contribution in [0.25, 0.3) is 0 Å². The molecule has 0 aliphatic rings. The minimum atomic E-state index is -0.200. The molecule has 1 aromatic rings. The summed E-state index contributed by atoms with van der Waals surface area (Å²) < 4.78 is 0. The fraction of sp³-hybridized carbons (Fsp3) is 0.333. The number of nitrogens with one attached hydrogen (secondary N) is 1. The lowest BCUT2D eigenvalue weighted by atomic mass is 10.2. The minimum absolute atomic E-state index is 0.0822. The molecule has 0 radical (unpaired) electrons. The number of rotatable bonds is 2. The molecule has 1 rings (SSSR count). The third-order valence-corrected chi connectivity index (χ3v) is 1.85. The van der Waals surface area contributed by atoms with Crippen molar-refractivity contribution in [3.05, 3.63) is 22.8 Å². The van der Waals surface area contributed by atoms with Crippen LogP contribution in [-0.2, 0) is 0 Å². The van der Waals surface area contributed by atoms with Crippen molar-refractivity contribution in [1.82, 2.24) is 10.3 Å². The summed E-state index contributed by atoms with van der Waals surface area (Å²) in [7, 11) is 0. The van der Waals surface area contributed by atoms with Crippen molar-refractivity contribution in [3.8, 4) is 0 Å². The average Bonchev–Trinajstić information content (AvgIpc) is 2.08. The number of pyridine rings is 1. The number of aromatic nitrogens is 1. The van der Waals surface area contributed by atoms with Crippen molar-refractivity contribution < 1.29 is 4.79 Å². The summed E-state index contributed by atoms with van der Waals surface area (Å²) in [6.07, 6.45) is 1.40. The van der Waals surface area contributed by atoms with E-state index in [1.165, 1.54) is 12.3 Å². The van der Waals surface area contributed by atoms with E-state index in [-0.39, 0.29) is 17.8 Å². The van der Waals surface area contributed by atoms with Gasteiger partial charge in [0.15, 0.2) is 0 Å². The Morgan fingerprint density at radius 1 is 1.64 bits per heavy atom. The Morgan fingerprint density at radius 3 is 2.79 bits per heavy atom. The molecular weight excluding hydrogens is 202 g/mol. The van der Waals surface area contributed by atoms with Gasteiger partial charge in [0.1, 0.15) is 5.82 Å². The van der Waals surface area contributed by atoms with Crippen LogP contribution in [0.4, 0.5) is 5.82 Å². The molecule has 1 heterocycles.